The third-order valence-electron chi connectivity index (χ3n) is 3.61. The summed E-state index contributed by atoms with van der Waals surface area (Å²) in [5.74, 6) is 0.668. The van der Waals surface area contributed by atoms with Crippen LogP contribution in [-0.4, -0.2) is 69.6 Å². The normalized spacial score (nSPS) is 22.5. The van der Waals surface area contributed by atoms with Crippen molar-refractivity contribution in [3.8, 4) is 0 Å². The minimum Gasteiger partial charge on any atom is -0.444 e. The molecule has 0 bridgehead atoms. The monoisotopic (exact) mass is 410 g/mol. The summed E-state index contributed by atoms with van der Waals surface area (Å²) in [4.78, 5) is 16.9. The number of ether oxygens (including phenoxy) is 1. The van der Waals surface area contributed by atoms with Crippen LogP contribution in [0.5, 0.6) is 0 Å². The number of carbonyl (C=O) groups excluding carboxylic acids is 1. The second-order valence-electron chi connectivity index (χ2n) is 8.91. The fourth-order valence-corrected chi connectivity index (χ4v) is 5.34. The number of amides is 1. The van der Waals surface area contributed by atoms with E-state index in [0.717, 1.165) is 26.1 Å². The fraction of sp³-hybridized carbons (Fsp3) is 0.944. The molecule has 0 saturated carbocycles. The van der Waals surface area contributed by atoms with Crippen molar-refractivity contribution in [3.05, 3.63) is 0 Å². The third kappa shape index (κ3) is 9.64. The Hall–Kier alpha value is 0.220. The first-order valence-electron chi connectivity index (χ1n) is 8.97. The molecule has 0 aromatic rings. The van der Waals surface area contributed by atoms with Gasteiger partial charge in [-0.1, -0.05) is 21.6 Å². The molecule has 25 heavy (non-hydrogen) atoms. The van der Waals surface area contributed by atoms with E-state index in [-0.39, 0.29) is 15.6 Å². The minimum atomic E-state index is -0.473. The lowest BCUT2D eigenvalue weighted by molar-refractivity contribution is 0.0217. The van der Waals surface area contributed by atoms with Gasteiger partial charge in [-0.2, -0.15) is 0 Å². The quantitative estimate of drug-likeness (QED) is 0.477. The molecule has 1 saturated heterocycles. The molecule has 0 radical (unpaired) electrons. The number of carbonyl (C=O) groups is 1. The minimum absolute atomic E-state index is 0.0306. The van der Waals surface area contributed by atoms with Crippen LogP contribution in [0.25, 0.3) is 0 Å². The summed E-state index contributed by atoms with van der Waals surface area (Å²) in [6, 6.07) is 0. The Morgan fingerprint density at radius 3 is 2.16 bits per heavy atom. The number of halogens is 1. The highest BCUT2D eigenvalue weighted by molar-refractivity contribution is 8.77. The fourth-order valence-electron chi connectivity index (χ4n) is 2.65. The van der Waals surface area contributed by atoms with E-state index in [2.05, 4.69) is 32.6 Å². The lowest BCUT2D eigenvalue weighted by Gasteiger charge is -2.40. The van der Waals surface area contributed by atoms with E-state index >= 15 is 0 Å². The van der Waals surface area contributed by atoms with E-state index < -0.39 is 5.60 Å². The Morgan fingerprint density at radius 1 is 1.08 bits per heavy atom. The molecular weight excluding hydrogens is 376 g/mol. The molecule has 0 aliphatic carbocycles. The van der Waals surface area contributed by atoms with Gasteiger partial charge in [0.1, 0.15) is 5.60 Å². The smallest absolute Gasteiger partial charge is 0.410 e. The molecule has 0 N–H and O–H groups in total. The van der Waals surface area contributed by atoms with Gasteiger partial charge in [0.15, 0.2) is 0 Å². The van der Waals surface area contributed by atoms with Crippen molar-refractivity contribution in [1.82, 2.24) is 9.80 Å². The van der Waals surface area contributed by atoms with Gasteiger partial charge >= 0.3 is 6.09 Å². The van der Waals surface area contributed by atoms with E-state index in [1.165, 1.54) is 0 Å². The SMILES string of the molecule is CC(C)(C)OC(=O)N1CCN(CCCCl)CC(C)(C)SSC(C)(C)C1. The first-order chi connectivity index (χ1) is 11.3. The second-order valence-corrected chi connectivity index (χ2v) is 12.8. The Bertz CT molecular complexity index is 439. The van der Waals surface area contributed by atoms with Crippen molar-refractivity contribution in [2.24, 2.45) is 0 Å². The predicted octanol–water partition coefficient (Wildman–Crippen LogP) is 5.11. The standard InChI is InChI=1S/C18H35ClN2O2S2/c1-16(2,3)23-15(22)21-12-11-20(10-8-9-19)13-17(4,5)24-25-18(6,7)14-21/h8-14H2,1-7H3. The lowest BCUT2D eigenvalue weighted by Crippen LogP contribution is -2.49. The molecule has 0 unspecified atom stereocenters. The van der Waals surface area contributed by atoms with Gasteiger partial charge in [0.05, 0.1) is 0 Å². The molecule has 0 aromatic carbocycles. The summed E-state index contributed by atoms with van der Waals surface area (Å²) in [5, 5.41) is 0. The van der Waals surface area contributed by atoms with Crippen LogP contribution in [0, 0.1) is 0 Å². The molecule has 1 aliphatic rings. The largest absolute Gasteiger partial charge is 0.444 e. The van der Waals surface area contributed by atoms with Crippen LogP contribution in [0.1, 0.15) is 54.9 Å². The average molecular weight is 411 g/mol. The maximum absolute atomic E-state index is 12.7. The highest BCUT2D eigenvalue weighted by Gasteiger charge is 2.34. The molecule has 1 heterocycles. The summed E-state index contributed by atoms with van der Waals surface area (Å²) < 4.78 is 5.75. The first kappa shape index (κ1) is 23.3. The number of rotatable bonds is 3. The summed E-state index contributed by atoms with van der Waals surface area (Å²) in [7, 11) is 3.77. The van der Waals surface area contributed by atoms with Gasteiger partial charge in [0.25, 0.3) is 0 Å². The molecule has 1 amide bonds. The molecule has 1 aliphatic heterocycles. The molecule has 148 valence electrons. The van der Waals surface area contributed by atoms with Crippen molar-refractivity contribution in [2.75, 3.05) is 38.6 Å². The Labute approximate surface area is 167 Å². The van der Waals surface area contributed by atoms with Crippen LogP contribution in [0.15, 0.2) is 0 Å². The molecule has 7 heteroatoms. The zero-order valence-electron chi connectivity index (χ0n) is 16.9. The molecule has 0 atom stereocenters. The number of hydrogen-bond acceptors (Lipinski definition) is 5. The highest BCUT2D eigenvalue weighted by Crippen LogP contribution is 2.44. The number of nitrogens with zero attached hydrogens (tertiary/aromatic N) is 2. The zero-order valence-corrected chi connectivity index (χ0v) is 19.2. The number of alkyl halides is 1. The molecule has 0 spiro atoms. The Morgan fingerprint density at radius 2 is 1.64 bits per heavy atom. The molecule has 1 fully saturated rings. The van der Waals surface area contributed by atoms with Crippen molar-refractivity contribution in [2.45, 2.75) is 70.0 Å². The summed E-state index contributed by atoms with van der Waals surface area (Å²) in [6.45, 7) is 18.9. The van der Waals surface area contributed by atoms with Gasteiger partial charge in [-0.25, -0.2) is 4.79 Å². The van der Waals surface area contributed by atoms with Crippen LogP contribution in [-0.2, 0) is 4.74 Å². The highest BCUT2D eigenvalue weighted by atomic mass is 35.5. The van der Waals surface area contributed by atoms with Gasteiger partial charge in [0, 0.05) is 41.6 Å². The second kappa shape index (κ2) is 9.43. The van der Waals surface area contributed by atoms with Crippen molar-refractivity contribution >= 4 is 39.3 Å². The molecular formula is C18H35ClN2O2S2. The first-order valence-corrected chi connectivity index (χ1v) is 11.7. The van der Waals surface area contributed by atoms with Crippen LogP contribution < -0.4 is 0 Å². The predicted molar refractivity (Wildman–Crippen MR) is 113 cm³/mol. The average Bonchev–Trinajstić information content (AvgIpc) is 2.44. The van der Waals surface area contributed by atoms with Crippen molar-refractivity contribution < 1.29 is 9.53 Å². The van der Waals surface area contributed by atoms with Gasteiger partial charge in [0.2, 0.25) is 0 Å². The van der Waals surface area contributed by atoms with E-state index in [4.69, 9.17) is 16.3 Å². The van der Waals surface area contributed by atoms with Gasteiger partial charge in [-0.15, -0.1) is 11.6 Å². The van der Waals surface area contributed by atoms with Gasteiger partial charge < -0.3 is 14.5 Å². The summed E-state index contributed by atoms with van der Waals surface area (Å²) >= 11 is 5.89. The molecule has 0 aromatic heterocycles. The zero-order chi connectivity index (χ0) is 19.3. The van der Waals surface area contributed by atoms with Crippen LogP contribution in [0.2, 0.25) is 0 Å². The third-order valence-corrected chi connectivity index (χ3v) is 8.08. The maximum Gasteiger partial charge on any atom is 0.410 e. The molecule has 1 rings (SSSR count). The molecule has 4 nitrogen and oxygen atoms in total. The van der Waals surface area contributed by atoms with Crippen molar-refractivity contribution in [1.29, 1.82) is 0 Å². The van der Waals surface area contributed by atoms with E-state index in [0.29, 0.717) is 19.0 Å². The Balaban J connectivity index is 2.90. The maximum atomic E-state index is 12.7. The van der Waals surface area contributed by atoms with Crippen molar-refractivity contribution in [3.63, 3.8) is 0 Å². The van der Waals surface area contributed by atoms with Crippen LogP contribution in [0.3, 0.4) is 0 Å². The van der Waals surface area contributed by atoms with Crippen LogP contribution in [0.4, 0.5) is 4.79 Å². The summed E-state index contributed by atoms with van der Waals surface area (Å²) in [5.41, 5.74) is -0.473. The topological polar surface area (TPSA) is 32.8 Å². The summed E-state index contributed by atoms with van der Waals surface area (Å²) in [6.07, 6.45) is 0.746. The van der Waals surface area contributed by atoms with E-state index in [1.54, 1.807) is 0 Å². The van der Waals surface area contributed by atoms with Gasteiger partial charge in [-0.05, 0) is 61.4 Å². The number of hydrogen-bond donors (Lipinski definition) is 0. The van der Waals surface area contributed by atoms with E-state index in [1.807, 2.05) is 47.3 Å². The van der Waals surface area contributed by atoms with Crippen LogP contribution >= 0.6 is 33.2 Å². The Kier molecular flexibility index (Phi) is 8.77. The van der Waals surface area contributed by atoms with Gasteiger partial charge in [-0.3, -0.25) is 0 Å². The van der Waals surface area contributed by atoms with E-state index in [9.17, 15) is 4.79 Å². The lowest BCUT2D eigenvalue weighted by atomic mass is 10.1.